The van der Waals surface area contributed by atoms with Gasteiger partial charge in [-0.05, 0) is 49.9 Å². The third kappa shape index (κ3) is 4.03. The Labute approximate surface area is 125 Å². The number of nitrogens with two attached hydrogens (primary N) is 1. The van der Waals surface area contributed by atoms with Crippen LogP contribution in [0, 0.1) is 5.92 Å². The van der Waals surface area contributed by atoms with Crippen LogP contribution in [0.2, 0.25) is 0 Å². The molecule has 1 aromatic carbocycles. The number of hydrogen-bond acceptors (Lipinski definition) is 4. The van der Waals surface area contributed by atoms with Crippen molar-refractivity contribution >= 4 is 20.0 Å². The fourth-order valence-corrected chi connectivity index (χ4v) is 4.50. The second-order valence-corrected chi connectivity index (χ2v) is 8.75. The van der Waals surface area contributed by atoms with Gasteiger partial charge in [-0.15, -0.1) is 0 Å². The molecule has 6 nitrogen and oxygen atoms in total. The second kappa shape index (κ2) is 6.04. The fraction of sp³-hybridized carbons (Fsp3) is 0.538. The minimum atomic E-state index is -3.82. The lowest BCUT2D eigenvalue weighted by Crippen LogP contribution is -2.37. The molecule has 0 aliphatic heterocycles. The van der Waals surface area contributed by atoms with Crippen LogP contribution in [0.3, 0.4) is 0 Å². The molecule has 21 heavy (non-hydrogen) atoms. The van der Waals surface area contributed by atoms with Crippen LogP contribution in [-0.2, 0) is 20.0 Å². The molecule has 1 aliphatic carbocycles. The van der Waals surface area contributed by atoms with Crippen molar-refractivity contribution in [1.29, 1.82) is 0 Å². The Balaban J connectivity index is 2.15. The van der Waals surface area contributed by atoms with E-state index in [-0.39, 0.29) is 15.8 Å². The molecule has 1 unspecified atom stereocenters. The Bertz CT molecular complexity index is 690. The van der Waals surface area contributed by atoms with Crippen molar-refractivity contribution in [2.24, 2.45) is 11.1 Å². The van der Waals surface area contributed by atoms with Crippen molar-refractivity contribution < 1.29 is 16.8 Å². The first-order valence-electron chi connectivity index (χ1n) is 6.85. The molecular weight excluding hydrogens is 312 g/mol. The van der Waals surface area contributed by atoms with E-state index in [1.807, 2.05) is 6.92 Å². The van der Waals surface area contributed by atoms with E-state index >= 15 is 0 Å². The SMILES string of the molecule is CC(NS(=O)(=O)c1ccc(S(N)(=O)=O)cc1)C1CCCC1. The van der Waals surface area contributed by atoms with Crippen molar-refractivity contribution in [3.05, 3.63) is 24.3 Å². The Morgan fingerprint density at radius 1 is 1.05 bits per heavy atom. The van der Waals surface area contributed by atoms with Crippen LogP contribution in [-0.4, -0.2) is 22.9 Å². The van der Waals surface area contributed by atoms with Crippen molar-refractivity contribution in [2.45, 2.75) is 48.4 Å². The molecule has 0 saturated heterocycles. The molecule has 0 amide bonds. The average molecular weight is 332 g/mol. The van der Waals surface area contributed by atoms with Crippen LogP contribution in [0.4, 0.5) is 0 Å². The lowest BCUT2D eigenvalue weighted by atomic mass is 10.0. The van der Waals surface area contributed by atoms with E-state index in [0.717, 1.165) is 25.7 Å². The highest BCUT2D eigenvalue weighted by molar-refractivity contribution is 7.89. The molecule has 118 valence electrons. The second-order valence-electron chi connectivity index (χ2n) is 5.47. The van der Waals surface area contributed by atoms with Gasteiger partial charge in [0.15, 0.2) is 0 Å². The zero-order valence-corrected chi connectivity index (χ0v) is 13.5. The molecule has 8 heteroatoms. The molecule has 0 heterocycles. The van der Waals surface area contributed by atoms with Crippen molar-refractivity contribution in [3.63, 3.8) is 0 Å². The van der Waals surface area contributed by atoms with Gasteiger partial charge in [-0.1, -0.05) is 12.8 Å². The summed E-state index contributed by atoms with van der Waals surface area (Å²) < 4.78 is 49.5. The molecule has 0 spiro atoms. The molecule has 0 bridgehead atoms. The third-order valence-electron chi connectivity index (χ3n) is 3.91. The number of nitrogens with one attached hydrogen (secondary N) is 1. The normalized spacial score (nSPS) is 18.8. The number of sulfonamides is 2. The number of hydrogen-bond donors (Lipinski definition) is 2. The van der Waals surface area contributed by atoms with Gasteiger partial charge in [-0.25, -0.2) is 26.7 Å². The highest BCUT2D eigenvalue weighted by Gasteiger charge is 2.26. The van der Waals surface area contributed by atoms with Crippen LogP contribution >= 0.6 is 0 Å². The van der Waals surface area contributed by atoms with Gasteiger partial charge in [0.2, 0.25) is 20.0 Å². The molecule has 1 aromatic rings. The minimum absolute atomic E-state index is 0.0414. The predicted molar refractivity (Wildman–Crippen MR) is 79.6 cm³/mol. The molecule has 1 saturated carbocycles. The fourth-order valence-electron chi connectivity index (χ4n) is 2.67. The van der Waals surface area contributed by atoms with E-state index in [1.54, 1.807) is 0 Å². The van der Waals surface area contributed by atoms with E-state index in [9.17, 15) is 16.8 Å². The van der Waals surface area contributed by atoms with Gasteiger partial charge >= 0.3 is 0 Å². The van der Waals surface area contributed by atoms with Crippen LogP contribution in [0.15, 0.2) is 34.1 Å². The first-order chi connectivity index (χ1) is 9.70. The highest BCUT2D eigenvalue weighted by atomic mass is 32.2. The van der Waals surface area contributed by atoms with E-state index in [1.165, 1.54) is 24.3 Å². The predicted octanol–water partition coefficient (Wildman–Crippen LogP) is 1.19. The largest absolute Gasteiger partial charge is 0.240 e. The smallest absolute Gasteiger partial charge is 0.225 e. The first-order valence-corrected chi connectivity index (χ1v) is 9.88. The van der Waals surface area contributed by atoms with Crippen LogP contribution in [0.25, 0.3) is 0 Å². The summed E-state index contributed by atoms with van der Waals surface area (Å²) in [5.41, 5.74) is 0. The zero-order chi connectivity index (χ0) is 15.7. The van der Waals surface area contributed by atoms with E-state index in [2.05, 4.69) is 4.72 Å². The summed E-state index contributed by atoms with van der Waals surface area (Å²) in [5.74, 6) is 0.364. The lowest BCUT2D eigenvalue weighted by molar-refractivity contribution is 0.424. The molecule has 0 radical (unpaired) electrons. The lowest BCUT2D eigenvalue weighted by Gasteiger charge is -2.20. The van der Waals surface area contributed by atoms with E-state index in [0.29, 0.717) is 5.92 Å². The molecule has 2 rings (SSSR count). The first kappa shape index (κ1) is 16.4. The molecular formula is C13H20N2O4S2. The molecule has 1 fully saturated rings. The highest BCUT2D eigenvalue weighted by Crippen LogP contribution is 2.28. The van der Waals surface area contributed by atoms with E-state index < -0.39 is 20.0 Å². The summed E-state index contributed by atoms with van der Waals surface area (Å²) in [6.07, 6.45) is 4.35. The number of benzene rings is 1. The van der Waals surface area contributed by atoms with Gasteiger partial charge in [0, 0.05) is 6.04 Å². The Kier molecular flexibility index (Phi) is 4.72. The summed E-state index contributed by atoms with van der Waals surface area (Å²) in [6.45, 7) is 1.87. The van der Waals surface area contributed by atoms with E-state index in [4.69, 9.17) is 5.14 Å². The molecule has 1 atom stereocenters. The van der Waals surface area contributed by atoms with Gasteiger partial charge in [0.05, 0.1) is 9.79 Å². The van der Waals surface area contributed by atoms with Crippen molar-refractivity contribution in [1.82, 2.24) is 4.72 Å². The maximum absolute atomic E-state index is 12.3. The van der Waals surface area contributed by atoms with Gasteiger partial charge < -0.3 is 0 Å². The summed E-state index contributed by atoms with van der Waals surface area (Å²) in [5, 5.41) is 4.99. The molecule has 0 aromatic heterocycles. The maximum atomic E-state index is 12.3. The Hall–Kier alpha value is -0.960. The van der Waals surface area contributed by atoms with Crippen LogP contribution in [0.1, 0.15) is 32.6 Å². The van der Waals surface area contributed by atoms with Gasteiger partial charge in [-0.3, -0.25) is 0 Å². The summed E-state index contributed by atoms with van der Waals surface area (Å²) in [7, 11) is -7.46. The minimum Gasteiger partial charge on any atom is -0.225 e. The topological polar surface area (TPSA) is 106 Å². The van der Waals surface area contributed by atoms with Gasteiger partial charge in [0.25, 0.3) is 0 Å². The monoisotopic (exact) mass is 332 g/mol. The van der Waals surface area contributed by atoms with Crippen LogP contribution < -0.4 is 9.86 Å². The van der Waals surface area contributed by atoms with Gasteiger partial charge in [0.1, 0.15) is 0 Å². The maximum Gasteiger partial charge on any atom is 0.240 e. The average Bonchev–Trinajstić information content (AvgIpc) is 2.91. The van der Waals surface area contributed by atoms with Crippen molar-refractivity contribution in [2.75, 3.05) is 0 Å². The Morgan fingerprint density at radius 2 is 1.52 bits per heavy atom. The summed E-state index contributed by atoms with van der Waals surface area (Å²) >= 11 is 0. The standard InChI is InChI=1S/C13H20N2O4S2/c1-10(11-4-2-3-5-11)15-21(18,19)13-8-6-12(7-9-13)20(14,16)17/h6-11,15H,2-5H2,1H3,(H2,14,16,17). The number of primary sulfonamides is 1. The third-order valence-corrected chi connectivity index (χ3v) is 6.41. The Morgan fingerprint density at radius 3 is 2.00 bits per heavy atom. The van der Waals surface area contributed by atoms with Crippen LogP contribution in [0.5, 0.6) is 0 Å². The van der Waals surface area contributed by atoms with Gasteiger partial charge in [-0.2, -0.15) is 0 Å². The quantitative estimate of drug-likeness (QED) is 0.844. The zero-order valence-electron chi connectivity index (χ0n) is 11.8. The summed E-state index contributed by atoms with van der Waals surface area (Å²) in [4.78, 5) is -0.0648. The molecule has 1 aliphatic rings. The summed E-state index contributed by atoms with van der Waals surface area (Å²) in [6, 6.07) is 4.77. The van der Waals surface area contributed by atoms with Crippen molar-refractivity contribution in [3.8, 4) is 0 Å². The number of rotatable bonds is 5. The molecule has 3 N–H and O–H groups in total.